The van der Waals surface area contributed by atoms with Crippen LogP contribution in [0.15, 0.2) is 30.3 Å². The summed E-state index contributed by atoms with van der Waals surface area (Å²) in [6, 6.07) is 10.4. The van der Waals surface area contributed by atoms with E-state index in [-0.39, 0.29) is 0 Å². The van der Waals surface area contributed by atoms with Crippen molar-refractivity contribution in [2.45, 2.75) is 24.8 Å². The summed E-state index contributed by atoms with van der Waals surface area (Å²) in [4.78, 5) is 7.15. The molecule has 0 N–H and O–H groups in total. The number of para-hydroxylation sites is 1. The van der Waals surface area contributed by atoms with Gasteiger partial charge in [0.1, 0.15) is 5.82 Å². The predicted molar refractivity (Wildman–Crippen MR) is 83.5 cm³/mol. The summed E-state index contributed by atoms with van der Waals surface area (Å²) >= 11 is 6.12. The second-order valence-corrected chi connectivity index (χ2v) is 5.49. The molecule has 20 heavy (non-hydrogen) atoms. The molecule has 1 fully saturated rings. The molecule has 0 aliphatic carbocycles. The van der Waals surface area contributed by atoms with Crippen molar-refractivity contribution in [2.75, 3.05) is 25.1 Å². The molecule has 106 valence electrons. The zero-order chi connectivity index (χ0) is 13.9. The van der Waals surface area contributed by atoms with E-state index in [0.717, 1.165) is 48.2 Å². The normalized spacial score (nSPS) is 16.8. The number of methoxy groups -OCH3 is 1. The van der Waals surface area contributed by atoms with E-state index in [1.54, 1.807) is 7.11 Å². The number of nitrogens with zero attached hydrogens (tertiary/aromatic N) is 2. The molecule has 0 bridgehead atoms. The van der Waals surface area contributed by atoms with Crippen LogP contribution in [0.2, 0.25) is 0 Å². The molecule has 2 aromatic rings. The van der Waals surface area contributed by atoms with Gasteiger partial charge in [0.25, 0.3) is 0 Å². The zero-order valence-corrected chi connectivity index (χ0v) is 12.4. The van der Waals surface area contributed by atoms with E-state index in [2.05, 4.69) is 23.1 Å². The summed E-state index contributed by atoms with van der Waals surface area (Å²) < 4.78 is 5.43. The number of anilines is 1. The van der Waals surface area contributed by atoms with E-state index in [1.807, 2.05) is 12.1 Å². The van der Waals surface area contributed by atoms with Crippen molar-refractivity contribution in [3.05, 3.63) is 35.9 Å². The fourth-order valence-electron chi connectivity index (χ4n) is 2.82. The second-order valence-electron chi connectivity index (χ2n) is 5.22. The lowest BCUT2D eigenvalue weighted by molar-refractivity contribution is 0.0818. The number of alkyl halides is 1. The molecule has 0 spiro atoms. The number of fused-ring (bicyclic) bond motifs is 1. The van der Waals surface area contributed by atoms with Crippen LogP contribution in [0, 0.1) is 0 Å². The highest BCUT2D eigenvalue weighted by molar-refractivity contribution is 6.17. The minimum atomic E-state index is 0.381. The van der Waals surface area contributed by atoms with Crippen molar-refractivity contribution in [1.29, 1.82) is 0 Å². The summed E-state index contributed by atoms with van der Waals surface area (Å²) in [7, 11) is 1.79. The molecule has 1 aromatic carbocycles. The Labute approximate surface area is 124 Å². The van der Waals surface area contributed by atoms with Crippen LogP contribution in [-0.4, -0.2) is 31.3 Å². The summed E-state index contributed by atoms with van der Waals surface area (Å²) in [6.45, 7) is 1.96. The highest BCUT2D eigenvalue weighted by Crippen LogP contribution is 2.27. The van der Waals surface area contributed by atoms with E-state index >= 15 is 0 Å². The Morgan fingerprint density at radius 3 is 2.75 bits per heavy atom. The minimum Gasteiger partial charge on any atom is -0.381 e. The van der Waals surface area contributed by atoms with Crippen LogP contribution in [0.1, 0.15) is 18.4 Å². The maximum Gasteiger partial charge on any atom is 0.133 e. The van der Waals surface area contributed by atoms with Gasteiger partial charge in [-0.1, -0.05) is 18.2 Å². The molecule has 3 rings (SSSR count). The fraction of sp³-hybridized carbons (Fsp3) is 0.438. The summed E-state index contributed by atoms with van der Waals surface area (Å²) in [5.74, 6) is 1.53. The first-order valence-electron chi connectivity index (χ1n) is 7.04. The van der Waals surface area contributed by atoms with Crippen molar-refractivity contribution < 1.29 is 4.74 Å². The predicted octanol–water partition coefficient (Wildman–Crippen LogP) is 3.59. The third kappa shape index (κ3) is 2.60. The molecule has 1 saturated heterocycles. The number of aromatic nitrogens is 1. The average molecular weight is 291 g/mol. The topological polar surface area (TPSA) is 25.4 Å². The van der Waals surface area contributed by atoms with Gasteiger partial charge in [-0.3, -0.25) is 0 Å². The van der Waals surface area contributed by atoms with Crippen LogP contribution >= 0.6 is 11.6 Å². The van der Waals surface area contributed by atoms with E-state index in [4.69, 9.17) is 21.3 Å². The number of benzene rings is 1. The van der Waals surface area contributed by atoms with Gasteiger partial charge in [-0.15, -0.1) is 11.6 Å². The average Bonchev–Trinajstić information content (AvgIpc) is 2.53. The number of pyridine rings is 1. The Morgan fingerprint density at radius 1 is 1.30 bits per heavy atom. The van der Waals surface area contributed by atoms with Gasteiger partial charge >= 0.3 is 0 Å². The summed E-state index contributed by atoms with van der Waals surface area (Å²) in [6.07, 6.45) is 2.48. The second kappa shape index (κ2) is 5.98. The van der Waals surface area contributed by atoms with Crippen LogP contribution in [-0.2, 0) is 10.6 Å². The highest BCUT2D eigenvalue weighted by atomic mass is 35.5. The number of hydrogen-bond acceptors (Lipinski definition) is 3. The molecule has 0 radical (unpaired) electrons. The minimum absolute atomic E-state index is 0.381. The van der Waals surface area contributed by atoms with Gasteiger partial charge in [-0.25, -0.2) is 4.98 Å². The summed E-state index contributed by atoms with van der Waals surface area (Å²) in [5, 5.41) is 1.15. The van der Waals surface area contributed by atoms with Crippen LogP contribution in [0.4, 0.5) is 5.82 Å². The standard InChI is InChI=1S/C16H19ClN2O/c1-20-14-6-8-19(9-7-14)16-13(11-17)10-12-4-2-3-5-15(12)18-16/h2-5,10,14H,6-9,11H2,1H3. The monoisotopic (exact) mass is 290 g/mol. The van der Waals surface area contributed by atoms with E-state index in [9.17, 15) is 0 Å². The van der Waals surface area contributed by atoms with Crippen molar-refractivity contribution in [3.8, 4) is 0 Å². The molecule has 1 aromatic heterocycles. The Kier molecular flexibility index (Phi) is 4.08. The Bertz CT molecular complexity index is 594. The van der Waals surface area contributed by atoms with Crippen molar-refractivity contribution in [1.82, 2.24) is 4.98 Å². The van der Waals surface area contributed by atoms with Crippen LogP contribution in [0.25, 0.3) is 10.9 Å². The molecule has 0 saturated carbocycles. The molecule has 0 unspecified atom stereocenters. The first-order valence-corrected chi connectivity index (χ1v) is 7.57. The molecule has 1 aliphatic heterocycles. The van der Waals surface area contributed by atoms with E-state index < -0.39 is 0 Å². The van der Waals surface area contributed by atoms with E-state index in [0.29, 0.717) is 12.0 Å². The number of ether oxygens (including phenoxy) is 1. The lowest BCUT2D eigenvalue weighted by Gasteiger charge is -2.33. The maximum atomic E-state index is 6.12. The molecule has 1 aliphatic rings. The molecule has 3 nitrogen and oxygen atoms in total. The van der Waals surface area contributed by atoms with Crippen LogP contribution < -0.4 is 4.90 Å². The molecular weight excluding hydrogens is 272 g/mol. The number of piperidine rings is 1. The smallest absolute Gasteiger partial charge is 0.133 e. The van der Waals surface area contributed by atoms with Gasteiger partial charge in [0.15, 0.2) is 0 Å². The molecule has 0 amide bonds. The highest BCUT2D eigenvalue weighted by Gasteiger charge is 2.21. The van der Waals surface area contributed by atoms with Crippen LogP contribution in [0.3, 0.4) is 0 Å². The lowest BCUT2D eigenvalue weighted by atomic mass is 10.1. The van der Waals surface area contributed by atoms with Gasteiger partial charge in [0, 0.05) is 31.1 Å². The molecule has 0 atom stereocenters. The first-order chi connectivity index (χ1) is 9.81. The third-order valence-corrected chi connectivity index (χ3v) is 4.29. The first kappa shape index (κ1) is 13.7. The lowest BCUT2D eigenvalue weighted by Crippen LogP contribution is -2.37. The van der Waals surface area contributed by atoms with Gasteiger partial charge in [0.2, 0.25) is 0 Å². The van der Waals surface area contributed by atoms with Crippen molar-refractivity contribution in [2.24, 2.45) is 0 Å². The van der Waals surface area contributed by atoms with Crippen molar-refractivity contribution in [3.63, 3.8) is 0 Å². The quantitative estimate of drug-likeness (QED) is 0.808. The Balaban J connectivity index is 1.94. The number of hydrogen-bond donors (Lipinski definition) is 0. The maximum absolute atomic E-state index is 6.12. The molecule has 2 heterocycles. The Morgan fingerprint density at radius 2 is 2.05 bits per heavy atom. The number of halogens is 1. The molecular formula is C16H19ClN2O. The molecule has 4 heteroatoms. The SMILES string of the molecule is COC1CCN(c2nc3ccccc3cc2CCl)CC1. The number of rotatable bonds is 3. The van der Waals surface area contributed by atoms with E-state index in [1.165, 1.54) is 0 Å². The Hall–Kier alpha value is -1.32. The van der Waals surface area contributed by atoms with Crippen LogP contribution in [0.5, 0.6) is 0 Å². The van der Waals surface area contributed by atoms with Gasteiger partial charge < -0.3 is 9.64 Å². The van der Waals surface area contributed by atoms with Gasteiger partial charge in [-0.05, 0) is 25.0 Å². The van der Waals surface area contributed by atoms with Gasteiger partial charge in [-0.2, -0.15) is 0 Å². The largest absolute Gasteiger partial charge is 0.381 e. The zero-order valence-electron chi connectivity index (χ0n) is 11.7. The fourth-order valence-corrected chi connectivity index (χ4v) is 3.02. The van der Waals surface area contributed by atoms with Gasteiger partial charge in [0.05, 0.1) is 17.5 Å². The summed E-state index contributed by atoms with van der Waals surface area (Å²) in [5.41, 5.74) is 2.14. The van der Waals surface area contributed by atoms with Crippen molar-refractivity contribution >= 4 is 28.3 Å². The third-order valence-electron chi connectivity index (χ3n) is 4.00.